The largest absolute Gasteiger partial charge is 0.490 e. The van der Waals surface area contributed by atoms with Crippen molar-refractivity contribution in [2.24, 2.45) is 0 Å². The Morgan fingerprint density at radius 2 is 1.92 bits per heavy atom. The van der Waals surface area contributed by atoms with Crippen molar-refractivity contribution >= 4 is 38.9 Å². The van der Waals surface area contributed by atoms with Crippen molar-refractivity contribution in [1.29, 1.82) is 0 Å². The van der Waals surface area contributed by atoms with Crippen molar-refractivity contribution in [1.82, 2.24) is 0 Å². The van der Waals surface area contributed by atoms with E-state index in [-0.39, 0.29) is 10.5 Å². The fourth-order valence-corrected chi connectivity index (χ4v) is 5.77. The monoisotopic (exact) mass is 388 g/mol. The van der Waals surface area contributed by atoms with E-state index in [0.717, 1.165) is 5.75 Å². The lowest BCUT2D eigenvalue weighted by Gasteiger charge is -2.24. The van der Waals surface area contributed by atoms with E-state index in [0.29, 0.717) is 6.10 Å². The van der Waals surface area contributed by atoms with Crippen LogP contribution in [-0.2, 0) is 0 Å². The Labute approximate surface area is 165 Å². The van der Waals surface area contributed by atoms with Gasteiger partial charge in [0.05, 0.1) is 6.10 Å². The highest BCUT2D eigenvalue weighted by Crippen LogP contribution is 2.41. The standard InChI is InChI=1S/C23H32OS2/c1-4-5-9-17-25-21-16-15-20(24-18-11-7-6-8-12-18)19-13-10-14-22(23(19)21)26(2)3/h10,13-16,18H,2,4-9,11-12,17H2,1,3H3. The molecule has 2 aromatic rings. The quantitative estimate of drug-likeness (QED) is 0.263. The molecule has 0 radical (unpaired) electrons. The SMILES string of the molecule is C=S(C)c1cccc2c(OC3CCCCC3)ccc(SCCCCC)c12. The fourth-order valence-electron chi connectivity index (χ4n) is 3.73. The van der Waals surface area contributed by atoms with Gasteiger partial charge in [0.2, 0.25) is 0 Å². The first-order valence-corrected chi connectivity index (χ1v) is 12.8. The fraction of sp³-hybridized carbons (Fsp3) is 0.522. The number of unbranched alkanes of at least 4 members (excludes halogenated alkanes) is 2. The van der Waals surface area contributed by atoms with Crippen LogP contribution in [0, 0.1) is 0 Å². The molecule has 1 atom stereocenters. The molecular weight excluding hydrogens is 356 g/mol. The second-order valence-electron chi connectivity index (χ2n) is 7.31. The van der Waals surface area contributed by atoms with Gasteiger partial charge in [0.15, 0.2) is 0 Å². The molecule has 3 rings (SSSR count). The molecule has 0 saturated heterocycles. The zero-order chi connectivity index (χ0) is 18.4. The number of thioether (sulfide) groups is 1. The van der Waals surface area contributed by atoms with Crippen molar-refractivity contribution in [2.45, 2.75) is 74.2 Å². The Bertz CT molecular complexity index is 747. The molecule has 2 aromatic carbocycles. The molecule has 142 valence electrons. The van der Waals surface area contributed by atoms with E-state index in [4.69, 9.17) is 4.74 Å². The van der Waals surface area contributed by atoms with E-state index in [1.165, 1.54) is 77.7 Å². The molecule has 1 saturated carbocycles. The highest BCUT2D eigenvalue weighted by Gasteiger charge is 2.18. The van der Waals surface area contributed by atoms with E-state index in [1.54, 1.807) is 0 Å². The summed E-state index contributed by atoms with van der Waals surface area (Å²) in [5, 5.41) is 2.65. The number of hydrogen-bond acceptors (Lipinski definition) is 2. The zero-order valence-corrected chi connectivity index (χ0v) is 17.9. The molecule has 0 heterocycles. The van der Waals surface area contributed by atoms with Crippen molar-refractivity contribution in [3.05, 3.63) is 30.3 Å². The average Bonchev–Trinajstić information content (AvgIpc) is 2.67. The summed E-state index contributed by atoms with van der Waals surface area (Å²) in [6.45, 7) is 2.26. The van der Waals surface area contributed by atoms with Gasteiger partial charge in [0.1, 0.15) is 5.75 Å². The van der Waals surface area contributed by atoms with Gasteiger partial charge < -0.3 is 4.74 Å². The van der Waals surface area contributed by atoms with Gasteiger partial charge in [-0.15, -0.1) is 11.8 Å². The molecule has 0 spiro atoms. The number of benzene rings is 2. The summed E-state index contributed by atoms with van der Waals surface area (Å²) < 4.78 is 6.47. The summed E-state index contributed by atoms with van der Waals surface area (Å²) in [6.07, 6.45) is 12.8. The zero-order valence-electron chi connectivity index (χ0n) is 16.3. The third-order valence-electron chi connectivity index (χ3n) is 5.15. The van der Waals surface area contributed by atoms with Crippen LogP contribution in [-0.4, -0.2) is 24.0 Å². The van der Waals surface area contributed by atoms with E-state index < -0.39 is 0 Å². The minimum Gasteiger partial charge on any atom is -0.490 e. The Hall–Kier alpha value is -0.930. The van der Waals surface area contributed by atoms with Crippen molar-refractivity contribution in [2.75, 3.05) is 12.0 Å². The number of ether oxygens (including phenoxy) is 1. The van der Waals surface area contributed by atoms with Gasteiger partial charge in [-0.1, -0.05) is 44.2 Å². The van der Waals surface area contributed by atoms with Crippen LogP contribution in [0.15, 0.2) is 40.1 Å². The lowest BCUT2D eigenvalue weighted by molar-refractivity contribution is 0.157. The van der Waals surface area contributed by atoms with Crippen molar-refractivity contribution in [3.8, 4) is 5.75 Å². The lowest BCUT2D eigenvalue weighted by atomic mass is 9.97. The molecule has 0 amide bonds. The third-order valence-corrected chi connectivity index (χ3v) is 7.39. The maximum atomic E-state index is 6.47. The van der Waals surface area contributed by atoms with Crippen LogP contribution < -0.4 is 4.74 Å². The first-order valence-electron chi connectivity index (χ1n) is 10.0. The Morgan fingerprint density at radius 3 is 2.65 bits per heavy atom. The average molecular weight is 389 g/mol. The molecule has 0 aliphatic heterocycles. The van der Waals surface area contributed by atoms with Gasteiger partial charge in [0, 0.05) is 20.6 Å². The van der Waals surface area contributed by atoms with Gasteiger partial charge in [0.25, 0.3) is 0 Å². The van der Waals surface area contributed by atoms with E-state index in [1.807, 2.05) is 11.8 Å². The summed E-state index contributed by atoms with van der Waals surface area (Å²) >= 11 is 2.00. The minimum absolute atomic E-state index is 0.00658. The topological polar surface area (TPSA) is 9.23 Å². The molecule has 3 heteroatoms. The predicted octanol–water partition coefficient (Wildman–Crippen LogP) is 7.52. The van der Waals surface area contributed by atoms with Gasteiger partial charge in [-0.3, -0.25) is 0 Å². The highest BCUT2D eigenvalue weighted by atomic mass is 32.2. The van der Waals surface area contributed by atoms with Crippen LogP contribution in [0.1, 0.15) is 58.3 Å². The minimum atomic E-state index is -0.00658. The smallest absolute Gasteiger partial charge is 0.127 e. The molecule has 26 heavy (non-hydrogen) atoms. The van der Waals surface area contributed by atoms with Crippen LogP contribution >= 0.6 is 22.2 Å². The van der Waals surface area contributed by atoms with Gasteiger partial charge >= 0.3 is 0 Å². The number of fused-ring (bicyclic) bond motifs is 1. The molecule has 1 unspecified atom stereocenters. The predicted molar refractivity (Wildman–Crippen MR) is 121 cm³/mol. The van der Waals surface area contributed by atoms with Crippen LogP contribution in [0.25, 0.3) is 10.8 Å². The van der Waals surface area contributed by atoms with Crippen LogP contribution in [0.3, 0.4) is 0 Å². The Kier molecular flexibility index (Phi) is 7.51. The molecule has 0 N–H and O–H groups in total. The number of rotatable bonds is 8. The summed E-state index contributed by atoms with van der Waals surface area (Å²) in [5.41, 5.74) is 0. The van der Waals surface area contributed by atoms with E-state index >= 15 is 0 Å². The Balaban J connectivity index is 1.94. The molecule has 1 nitrogen and oxygen atoms in total. The number of hydrogen-bond donors (Lipinski definition) is 0. The first kappa shape index (κ1) is 19.8. The summed E-state index contributed by atoms with van der Waals surface area (Å²) in [6, 6.07) is 11.2. The van der Waals surface area contributed by atoms with Crippen LogP contribution in [0.4, 0.5) is 0 Å². The molecule has 0 aromatic heterocycles. The normalized spacial score (nSPS) is 16.7. The second kappa shape index (κ2) is 9.85. The first-order chi connectivity index (χ1) is 12.7. The Morgan fingerprint density at radius 1 is 1.12 bits per heavy atom. The highest BCUT2D eigenvalue weighted by molar-refractivity contribution is 8.13. The molecule has 1 aliphatic carbocycles. The maximum Gasteiger partial charge on any atom is 0.127 e. The van der Waals surface area contributed by atoms with E-state index in [2.05, 4.69) is 49.4 Å². The molecule has 1 aliphatic rings. The van der Waals surface area contributed by atoms with Gasteiger partial charge in [-0.2, -0.15) is 10.5 Å². The molecular formula is C23H32OS2. The molecule has 1 fully saturated rings. The van der Waals surface area contributed by atoms with Crippen molar-refractivity contribution in [3.63, 3.8) is 0 Å². The summed E-state index contributed by atoms with van der Waals surface area (Å²) in [4.78, 5) is 2.76. The van der Waals surface area contributed by atoms with Crippen LogP contribution in [0.2, 0.25) is 0 Å². The third kappa shape index (κ3) is 4.86. The lowest BCUT2D eigenvalue weighted by Crippen LogP contribution is -2.19. The van der Waals surface area contributed by atoms with Crippen LogP contribution in [0.5, 0.6) is 5.75 Å². The van der Waals surface area contributed by atoms with Gasteiger partial charge in [-0.25, -0.2) is 0 Å². The van der Waals surface area contributed by atoms with E-state index in [9.17, 15) is 0 Å². The maximum absolute atomic E-state index is 6.47. The van der Waals surface area contributed by atoms with Crippen molar-refractivity contribution < 1.29 is 4.74 Å². The summed E-state index contributed by atoms with van der Waals surface area (Å²) in [5.74, 6) is 6.59. The molecule has 0 bridgehead atoms. The summed E-state index contributed by atoms with van der Waals surface area (Å²) in [7, 11) is -0.00658. The second-order valence-corrected chi connectivity index (χ2v) is 10.2. The van der Waals surface area contributed by atoms with Gasteiger partial charge in [-0.05, 0) is 62.3 Å².